The third-order valence-electron chi connectivity index (χ3n) is 6.37. The number of aliphatic carboxylic acids is 1. The highest BCUT2D eigenvalue weighted by Crippen LogP contribution is 2.26. The number of hydrogen-bond acceptors (Lipinski definition) is 9. The van der Waals surface area contributed by atoms with E-state index in [1.165, 1.54) is 17.5 Å². The normalized spacial score (nSPS) is 11.6. The molecule has 17 heteroatoms. The van der Waals surface area contributed by atoms with Crippen molar-refractivity contribution in [2.24, 2.45) is 5.73 Å². The van der Waals surface area contributed by atoms with Crippen molar-refractivity contribution >= 4 is 49.8 Å². The lowest BCUT2D eigenvalue weighted by Crippen LogP contribution is -2.24. The fraction of sp³-hybridized carbons (Fsp3) is 0.179. The molecular weight excluding hydrogens is 635 g/mol. The SMILES string of the molecule is Cc1nn(-c2ccccc2)c(C)c1CNS(=O)(=O)c1ccc2ccnc(NCc3ncc(C(N)=O)s3)c2c1.O=C(O)C(F)(F)F. The second-order valence-electron chi connectivity index (χ2n) is 9.40. The van der Waals surface area contributed by atoms with Gasteiger partial charge in [-0.15, -0.1) is 11.3 Å². The highest BCUT2D eigenvalue weighted by molar-refractivity contribution is 7.89. The Morgan fingerprint density at radius 3 is 2.36 bits per heavy atom. The molecule has 0 spiro atoms. The van der Waals surface area contributed by atoms with Gasteiger partial charge in [0.05, 0.1) is 29.0 Å². The Morgan fingerprint density at radius 2 is 1.73 bits per heavy atom. The Hall–Kier alpha value is -4.87. The monoisotopic (exact) mass is 661 g/mol. The number of hydrogen-bond donors (Lipinski definition) is 4. The van der Waals surface area contributed by atoms with E-state index in [1.807, 2.05) is 54.9 Å². The van der Waals surface area contributed by atoms with Crippen LogP contribution >= 0.6 is 11.3 Å². The van der Waals surface area contributed by atoms with Crippen molar-refractivity contribution in [1.29, 1.82) is 0 Å². The quantitative estimate of drug-likeness (QED) is 0.179. The number of fused-ring (bicyclic) bond motifs is 1. The number of carbonyl (C=O) groups is 2. The number of carboxylic acids is 1. The number of amides is 1. The number of alkyl halides is 3. The fourth-order valence-corrected chi connectivity index (χ4v) is 5.85. The Bertz CT molecular complexity index is 1960. The van der Waals surface area contributed by atoms with E-state index >= 15 is 0 Å². The summed E-state index contributed by atoms with van der Waals surface area (Å²) in [7, 11) is -3.83. The minimum absolute atomic E-state index is 0.106. The van der Waals surface area contributed by atoms with E-state index in [0.29, 0.717) is 27.6 Å². The van der Waals surface area contributed by atoms with Crippen molar-refractivity contribution in [3.8, 4) is 5.69 Å². The average Bonchev–Trinajstić information content (AvgIpc) is 3.59. The molecule has 0 fully saturated rings. The summed E-state index contributed by atoms with van der Waals surface area (Å²) in [6.45, 7) is 4.20. The molecule has 2 aromatic carbocycles. The van der Waals surface area contributed by atoms with E-state index < -0.39 is 28.1 Å². The van der Waals surface area contributed by atoms with E-state index in [1.54, 1.807) is 24.4 Å². The first-order chi connectivity index (χ1) is 21.2. The number of rotatable bonds is 9. The first-order valence-corrected chi connectivity index (χ1v) is 15.2. The maximum atomic E-state index is 13.3. The molecule has 3 heterocycles. The molecule has 45 heavy (non-hydrogen) atoms. The molecule has 0 radical (unpaired) electrons. The molecule has 0 bridgehead atoms. The molecule has 5 rings (SSSR count). The standard InChI is InChI=1S/C26H25N7O3S2.C2HF3O2/c1-16-22(17(2)33(32-16)19-6-4-3-5-7-19)13-31-38(35,36)20-9-8-18-10-11-28-26(21(18)12-20)30-15-24-29-14-23(37-24)25(27)34;3-2(4,5)1(6)7/h3-12,14,31H,13,15H2,1-2H3,(H2,27,34)(H,28,30);(H,6,7). The number of benzene rings is 2. The number of primary amides is 1. The third kappa shape index (κ3) is 8.00. The Morgan fingerprint density at radius 1 is 1.04 bits per heavy atom. The number of nitrogens with one attached hydrogen (secondary N) is 2. The van der Waals surface area contributed by atoms with Gasteiger partial charge >= 0.3 is 12.1 Å². The number of anilines is 1. The summed E-state index contributed by atoms with van der Waals surface area (Å²) >= 11 is 1.19. The van der Waals surface area contributed by atoms with Crippen molar-refractivity contribution in [3.05, 3.63) is 93.8 Å². The van der Waals surface area contributed by atoms with Gasteiger partial charge in [-0.1, -0.05) is 24.3 Å². The Kier molecular flexibility index (Phi) is 9.84. The number of pyridine rings is 1. The van der Waals surface area contributed by atoms with Crippen molar-refractivity contribution in [1.82, 2.24) is 24.5 Å². The first kappa shape index (κ1) is 33.0. The van der Waals surface area contributed by atoms with Crippen LogP contribution in [0.25, 0.3) is 16.5 Å². The van der Waals surface area contributed by atoms with E-state index in [0.717, 1.165) is 28.0 Å². The minimum Gasteiger partial charge on any atom is -0.475 e. The highest BCUT2D eigenvalue weighted by Gasteiger charge is 2.38. The summed E-state index contributed by atoms with van der Waals surface area (Å²) < 4.78 is 62.8. The van der Waals surface area contributed by atoms with Gasteiger partial charge in [-0.3, -0.25) is 4.79 Å². The zero-order valence-corrected chi connectivity index (χ0v) is 25.3. The van der Waals surface area contributed by atoms with Crippen LogP contribution in [0.4, 0.5) is 19.0 Å². The number of thiazole rings is 1. The maximum Gasteiger partial charge on any atom is 0.490 e. The van der Waals surface area contributed by atoms with Gasteiger partial charge in [-0.25, -0.2) is 32.6 Å². The smallest absolute Gasteiger partial charge is 0.475 e. The number of aryl methyl sites for hydroxylation is 1. The van der Waals surface area contributed by atoms with Gasteiger partial charge in [-0.2, -0.15) is 18.3 Å². The number of aromatic nitrogens is 4. The predicted molar refractivity (Wildman–Crippen MR) is 160 cm³/mol. The zero-order valence-electron chi connectivity index (χ0n) is 23.7. The van der Waals surface area contributed by atoms with Crippen LogP contribution < -0.4 is 15.8 Å². The highest BCUT2D eigenvalue weighted by atomic mass is 32.2. The second kappa shape index (κ2) is 13.4. The van der Waals surface area contributed by atoms with Crippen molar-refractivity contribution < 1.29 is 36.3 Å². The topological polar surface area (TPSA) is 182 Å². The van der Waals surface area contributed by atoms with Gasteiger partial charge in [0.1, 0.15) is 15.7 Å². The number of halogens is 3. The van der Waals surface area contributed by atoms with Crippen LogP contribution in [-0.4, -0.2) is 51.3 Å². The van der Waals surface area contributed by atoms with Crippen molar-refractivity contribution in [2.75, 3.05) is 5.32 Å². The molecule has 0 saturated heterocycles. The number of sulfonamides is 1. The number of para-hydroxylation sites is 1. The Balaban J connectivity index is 0.000000591. The summed E-state index contributed by atoms with van der Waals surface area (Å²) in [5.41, 5.74) is 8.66. The van der Waals surface area contributed by atoms with Gasteiger partial charge in [0.15, 0.2) is 0 Å². The molecule has 0 saturated carbocycles. The lowest BCUT2D eigenvalue weighted by atomic mass is 10.1. The van der Waals surface area contributed by atoms with Crippen LogP contribution in [0.5, 0.6) is 0 Å². The van der Waals surface area contributed by atoms with Crippen LogP contribution in [0.2, 0.25) is 0 Å². The third-order valence-corrected chi connectivity index (χ3v) is 8.79. The van der Waals surface area contributed by atoms with Crippen LogP contribution in [0, 0.1) is 13.8 Å². The lowest BCUT2D eigenvalue weighted by molar-refractivity contribution is -0.192. The molecule has 0 atom stereocenters. The molecule has 1 amide bonds. The molecule has 236 valence electrons. The van der Waals surface area contributed by atoms with Gasteiger partial charge in [0, 0.05) is 29.4 Å². The summed E-state index contributed by atoms with van der Waals surface area (Å²) in [4.78, 5) is 29.3. The van der Waals surface area contributed by atoms with E-state index in [9.17, 15) is 26.4 Å². The molecule has 0 aliphatic carbocycles. The molecule has 3 aromatic heterocycles. The average molecular weight is 662 g/mol. The second-order valence-corrected chi connectivity index (χ2v) is 12.3. The first-order valence-electron chi connectivity index (χ1n) is 12.9. The van der Waals surface area contributed by atoms with Crippen LogP contribution in [0.15, 0.2) is 71.9 Å². The van der Waals surface area contributed by atoms with Crippen molar-refractivity contribution in [3.63, 3.8) is 0 Å². The summed E-state index contributed by atoms with van der Waals surface area (Å²) in [6.07, 6.45) is -2.01. The lowest BCUT2D eigenvalue weighted by Gasteiger charge is -2.11. The molecular formula is C28H26F3N7O5S2. The van der Waals surface area contributed by atoms with Gasteiger partial charge in [0.25, 0.3) is 5.91 Å². The number of nitrogens with two attached hydrogens (primary N) is 1. The van der Waals surface area contributed by atoms with Crippen LogP contribution in [-0.2, 0) is 27.9 Å². The fourth-order valence-electron chi connectivity index (χ4n) is 4.12. The number of carboxylic acid groups (broad SMARTS) is 1. The summed E-state index contributed by atoms with van der Waals surface area (Å²) in [5, 5.41) is 17.0. The molecule has 5 aromatic rings. The number of carbonyl (C=O) groups excluding carboxylic acids is 1. The molecule has 5 N–H and O–H groups in total. The minimum atomic E-state index is -5.08. The van der Waals surface area contributed by atoms with Crippen molar-refractivity contribution in [2.45, 2.75) is 38.0 Å². The zero-order chi connectivity index (χ0) is 32.9. The molecule has 0 unspecified atom stereocenters. The summed E-state index contributed by atoms with van der Waals surface area (Å²) in [6, 6.07) is 16.4. The maximum absolute atomic E-state index is 13.3. The van der Waals surface area contributed by atoms with Gasteiger partial charge in [-0.05, 0) is 49.6 Å². The molecule has 0 aliphatic heterocycles. The predicted octanol–water partition coefficient (Wildman–Crippen LogP) is 4.32. The van der Waals surface area contributed by atoms with Crippen LogP contribution in [0.3, 0.4) is 0 Å². The van der Waals surface area contributed by atoms with E-state index in [4.69, 9.17) is 15.6 Å². The number of nitrogens with zero attached hydrogens (tertiary/aromatic N) is 4. The van der Waals surface area contributed by atoms with Crippen LogP contribution in [0.1, 0.15) is 31.6 Å². The van der Waals surface area contributed by atoms with Gasteiger partial charge in [0.2, 0.25) is 10.0 Å². The molecule has 12 nitrogen and oxygen atoms in total. The van der Waals surface area contributed by atoms with E-state index in [-0.39, 0.29) is 11.4 Å². The van der Waals surface area contributed by atoms with Gasteiger partial charge < -0.3 is 16.2 Å². The van der Waals surface area contributed by atoms with E-state index in [2.05, 4.69) is 25.1 Å². The Labute approximate surface area is 258 Å². The summed E-state index contributed by atoms with van der Waals surface area (Å²) in [5.74, 6) is -2.78. The molecule has 0 aliphatic rings. The largest absolute Gasteiger partial charge is 0.490 e.